The van der Waals surface area contributed by atoms with Crippen molar-refractivity contribution in [2.45, 2.75) is 19.4 Å². The Balaban J connectivity index is 1.54. The van der Waals surface area contributed by atoms with Gasteiger partial charge in [-0.25, -0.2) is 9.37 Å². The average molecular weight is 467 g/mol. The van der Waals surface area contributed by atoms with Crippen LogP contribution in [0.4, 0.5) is 10.2 Å². The molecule has 3 aromatic rings. The Hall–Kier alpha value is -3.04. The number of thiocarbonyl (C=S) groups is 1. The quantitative estimate of drug-likeness (QED) is 0.430. The van der Waals surface area contributed by atoms with Crippen molar-refractivity contribution in [1.29, 1.82) is 0 Å². The number of nitrogens with zero attached hydrogens (tertiary/aromatic N) is 4. The maximum absolute atomic E-state index is 13.3. The molecule has 1 aromatic carbocycles. The van der Waals surface area contributed by atoms with Crippen LogP contribution >= 0.6 is 24.0 Å². The SMILES string of the molecule is O=C1C(=Cc2c(N3CCCC3)nc3ccccn3c2=O)SC(=S)N1Cc1ccc(F)cc1. The fraction of sp³-hybridized carbons (Fsp3) is 0.217. The molecule has 5 rings (SSSR count). The standard InChI is InChI=1S/C23H19FN4O2S2/c24-16-8-6-15(7-9-16)14-28-22(30)18(32-23(28)31)13-17-20(26-10-3-4-11-26)25-19-5-1-2-12-27(19)21(17)29/h1-2,5-9,12-13H,3-4,10-11,14H2. The van der Waals surface area contributed by atoms with Gasteiger partial charge < -0.3 is 4.90 Å². The molecule has 162 valence electrons. The second-order valence-electron chi connectivity index (χ2n) is 7.67. The summed E-state index contributed by atoms with van der Waals surface area (Å²) in [5.74, 6) is -0.00508. The summed E-state index contributed by atoms with van der Waals surface area (Å²) in [5, 5.41) is 0. The highest BCUT2D eigenvalue weighted by atomic mass is 32.2. The van der Waals surface area contributed by atoms with Crippen molar-refractivity contribution in [2.75, 3.05) is 18.0 Å². The van der Waals surface area contributed by atoms with Crippen LogP contribution in [0.1, 0.15) is 24.0 Å². The molecular weight excluding hydrogens is 447 g/mol. The van der Waals surface area contributed by atoms with Gasteiger partial charge in [-0.3, -0.25) is 18.9 Å². The zero-order valence-electron chi connectivity index (χ0n) is 17.0. The van der Waals surface area contributed by atoms with Gasteiger partial charge in [0, 0.05) is 19.3 Å². The Morgan fingerprint density at radius 2 is 1.84 bits per heavy atom. The normalized spacial score (nSPS) is 17.8. The number of halogens is 1. The van der Waals surface area contributed by atoms with E-state index >= 15 is 0 Å². The second-order valence-corrected chi connectivity index (χ2v) is 9.35. The summed E-state index contributed by atoms with van der Waals surface area (Å²) in [4.78, 5) is 35.2. The number of amides is 1. The second kappa shape index (κ2) is 8.48. The highest BCUT2D eigenvalue weighted by Gasteiger charge is 2.33. The Bertz CT molecular complexity index is 1310. The topological polar surface area (TPSA) is 57.9 Å². The van der Waals surface area contributed by atoms with Crippen LogP contribution in [-0.4, -0.2) is 37.6 Å². The fourth-order valence-electron chi connectivity index (χ4n) is 3.93. The number of carbonyl (C=O) groups is 1. The minimum atomic E-state index is -0.335. The highest BCUT2D eigenvalue weighted by molar-refractivity contribution is 8.26. The Morgan fingerprint density at radius 3 is 2.59 bits per heavy atom. The number of rotatable bonds is 4. The van der Waals surface area contributed by atoms with Crippen LogP contribution in [0.2, 0.25) is 0 Å². The van der Waals surface area contributed by atoms with E-state index in [1.807, 2.05) is 6.07 Å². The van der Waals surface area contributed by atoms with Crippen molar-refractivity contribution >= 4 is 51.7 Å². The lowest BCUT2D eigenvalue weighted by Crippen LogP contribution is -2.28. The number of fused-ring (bicyclic) bond motifs is 1. The van der Waals surface area contributed by atoms with Crippen molar-refractivity contribution < 1.29 is 9.18 Å². The third-order valence-corrected chi connectivity index (χ3v) is 6.94. The van der Waals surface area contributed by atoms with Crippen LogP contribution in [0, 0.1) is 5.82 Å². The Kier molecular flexibility index (Phi) is 5.52. The summed E-state index contributed by atoms with van der Waals surface area (Å²) in [6, 6.07) is 11.4. The van der Waals surface area contributed by atoms with E-state index in [0.29, 0.717) is 26.3 Å². The summed E-state index contributed by atoms with van der Waals surface area (Å²) in [6.45, 7) is 1.89. The van der Waals surface area contributed by atoms with Crippen molar-refractivity contribution in [3.05, 3.63) is 80.9 Å². The lowest BCUT2D eigenvalue weighted by molar-refractivity contribution is -0.122. The lowest BCUT2D eigenvalue weighted by Gasteiger charge is -2.19. The Labute approximate surface area is 193 Å². The number of benzene rings is 1. The average Bonchev–Trinajstić information content (AvgIpc) is 3.42. The zero-order chi connectivity index (χ0) is 22.2. The molecule has 0 N–H and O–H groups in total. The predicted octanol–water partition coefficient (Wildman–Crippen LogP) is 3.84. The van der Waals surface area contributed by atoms with Crippen LogP contribution in [0.25, 0.3) is 11.7 Å². The molecule has 2 aromatic heterocycles. The molecule has 2 aliphatic heterocycles. The van der Waals surface area contributed by atoms with E-state index in [-0.39, 0.29) is 23.8 Å². The monoisotopic (exact) mass is 466 g/mol. The van der Waals surface area contributed by atoms with E-state index in [1.54, 1.807) is 36.5 Å². The molecule has 0 bridgehead atoms. The summed E-state index contributed by atoms with van der Waals surface area (Å²) in [6.07, 6.45) is 5.37. The van der Waals surface area contributed by atoms with Gasteiger partial charge in [0.1, 0.15) is 21.6 Å². The molecule has 0 aliphatic carbocycles. The fourth-order valence-corrected chi connectivity index (χ4v) is 5.16. The largest absolute Gasteiger partial charge is 0.356 e. The third-order valence-electron chi connectivity index (χ3n) is 5.56. The van der Waals surface area contributed by atoms with Crippen molar-refractivity contribution in [3.63, 3.8) is 0 Å². The number of anilines is 1. The van der Waals surface area contributed by atoms with Gasteiger partial charge in [0.25, 0.3) is 11.5 Å². The number of thioether (sulfide) groups is 1. The van der Waals surface area contributed by atoms with Gasteiger partial charge in [-0.05, 0) is 48.7 Å². The predicted molar refractivity (Wildman–Crippen MR) is 128 cm³/mol. The molecule has 2 aliphatic rings. The Morgan fingerprint density at radius 1 is 1.09 bits per heavy atom. The van der Waals surface area contributed by atoms with Crippen molar-refractivity contribution in [3.8, 4) is 0 Å². The smallest absolute Gasteiger partial charge is 0.267 e. The van der Waals surface area contributed by atoms with Gasteiger partial charge in [-0.1, -0.05) is 42.2 Å². The van der Waals surface area contributed by atoms with Crippen LogP contribution in [-0.2, 0) is 11.3 Å². The van der Waals surface area contributed by atoms with Gasteiger partial charge in [0.2, 0.25) is 0 Å². The third kappa shape index (κ3) is 3.82. The van der Waals surface area contributed by atoms with E-state index in [1.165, 1.54) is 21.4 Å². The number of pyridine rings is 1. The van der Waals surface area contributed by atoms with E-state index < -0.39 is 0 Å². The molecule has 32 heavy (non-hydrogen) atoms. The maximum atomic E-state index is 13.3. The lowest BCUT2D eigenvalue weighted by atomic mass is 10.2. The van der Waals surface area contributed by atoms with Gasteiger partial charge >= 0.3 is 0 Å². The number of aromatic nitrogens is 2. The van der Waals surface area contributed by atoms with Crippen LogP contribution in [0.15, 0.2) is 58.4 Å². The van der Waals surface area contributed by atoms with Gasteiger partial charge in [0.15, 0.2) is 0 Å². The van der Waals surface area contributed by atoms with E-state index in [0.717, 1.165) is 43.3 Å². The van der Waals surface area contributed by atoms with Crippen LogP contribution < -0.4 is 10.5 Å². The number of carbonyl (C=O) groups excluding carboxylic acids is 1. The summed E-state index contributed by atoms with van der Waals surface area (Å²) in [7, 11) is 0. The van der Waals surface area contributed by atoms with Crippen molar-refractivity contribution in [1.82, 2.24) is 14.3 Å². The number of hydrogen-bond donors (Lipinski definition) is 0. The van der Waals surface area contributed by atoms with E-state index in [4.69, 9.17) is 17.2 Å². The van der Waals surface area contributed by atoms with Gasteiger partial charge in [-0.2, -0.15) is 0 Å². The van der Waals surface area contributed by atoms with E-state index in [9.17, 15) is 14.0 Å². The van der Waals surface area contributed by atoms with Crippen LogP contribution in [0.3, 0.4) is 0 Å². The summed E-state index contributed by atoms with van der Waals surface area (Å²) >= 11 is 6.59. The first-order chi connectivity index (χ1) is 15.5. The molecule has 0 atom stereocenters. The highest BCUT2D eigenvalue weighted by Crippen LogP contribution is 2.34. The van der Waals surface area contributed by atoms with Crippen molar-refractivity contribution in [2.24, 2.45) is 0 Å². The molecule has 6 nitrogen and oxygen atoms in total. The van der Waals surface area contributed by atoms with Crippen LogP contribution in [0.5, 0.6) is 0 Å². The minimum absolute atomic E-state index is 0.221. The van der Waals surface area contributed by atoms with Gasteiger partial charge in [0.05, 0.1) is 17.0 Å². The van der Waals surface area contributed by atoms with Gasteiger partial charge in [-0.15, -0.1) is 0 Å². The summed E-state index contributed by atoms with van der Waals surface area (Å²) in [5.41, 5.74) is 1.51. The summed E-state index contributed by atoms with van der Waals surface area (Å²) < 4.78 is 15.1. The molecule has 0 saturated carbocycles. The molecule has 2 fully saturated rings. The maximum Gasteiger partial charge on any atom is 0.267 e. The number of hydrogen-bond acceptors (Lipinski definition) is 6. The molecule has 0 radical (unpaired) electrons. The minimum Gasteiger partial charge on any atom is -0.356 e. The first kappa shape index (κ1) is 20.8. The molecule has 1 amide bonds. The zero-order valence-corrected chi connectivity index (χ0v) is 18.7. The van der Waals surface area contributed by atoms with E-state index in [2.05, 4.69) is 4.90 Å². The molecule has 0 spiro atoms. The first-order valence-electron chi connectivity index (χ1n) is 10.3. The molecular formula is C23H19FN4O2S2. The first-order valence-corrected chi connectivity index (χ1v) is 11.5. The molecule has 4 heterocycles. The molecule has 9 heteroatoms. The molecule has 0 unspecified atom stereocenters. The molecule has 2 saturated heterocycles.